The molecule has 4 heteroatoms. The van der Waals surface area contributed by atoms with Gasteiger partial charge in [-0.1, -0.05) is 43.7 Å². The van der Waals surface area contributed by atoms with E-state index in [1.54, 1.807) is 11.9 Å². The molecular formula is C15H22N2O2. The van der Waals surface area contributed by atoms with E-state index >= 15 is 0 Å². The van der Waals surface area contributed by atoms with Crippen LogP contribution in [0.2, 0.25) is 0 Å². The number of unbranched alkanes of at least 4 members (excludes halogenated alkanes) is 1. The van der Waals surface area contributed by atoms with Crippen LogP contribution in [0, 0.1) is 0 Å². The molecule has 2 amide bonds. The summed E-state index contributed by atoms with van der Waals surface area (Å²) in [6.45, 7) is 2.90. The Morgan fingerprint density at radius 2 is 1.89 bits per heavy atom. The lowest BCUT2D eigenvalue weighted by molar-refractivity contribution is -0.131. The Kier molecular flexibility index (Phi) is 6.64. The maximum Gasteiger partial charge on any atom is 0.241 e. The first-order valence-electron chi connectivity index (χ1n) is 6.68. The van der Waals surface area contributed by atoms with Crippen LogP contribution in [0.3, 0.4) is 0 Å². The van der Waals surface area contributed by atoms with Gasteiger partial charge in [-0.15, -0.1) is 0 Å². The number of carbonyl (C=O) groups excluding carboxylic acids is 2. The molecule has 0 radical (unpaired) electrons. The van der Waals surface area contributed by atoms with Crippen molar-refractivity contribution < 1.29 is 9.59 Å². The molecule has 0 aliphatic carbocycles. The van der Waals surface area contributed by atoms with Gasteiger partial charge in [-0.3, -0.25) is 9.59 Å². The highest BCUT2D eigenvalue weighted by Crippen LogP contribution is 1.99. The quantitative estimate of drug-likeness (QED) is 0.811. The van der Waals surface area contributed by atoms with Crippen LogP contribution < -0.4 is 5.32 Å². The molecule has 1 rings (SSSR count). The summed E-state index contributed by atoms with van der Waals surface area (Å²) in [6.07, 6.45) is 2.35. The number of nitrogens with one attached hydrogen (secondary N) is 1. The lowest BCUT2D eigenvalue weighted by Gasteiger charge is -2.16. The molecule has 0 atom stereocenters. The Morgan fingerprint density at radius 3 is 2.53 bits per heavy atom. The van der Waals surface area contributed by atoms with Crippen molar-refractivity contribution in [3.05, 3.63) is 35.9 Å². The molecule has 0 aliphatic rings. The van der Waals surface area contributed by atoms with Crippen LogP contribution in [-0.4, -0.2) is 36.9 Å². The zero-order valence-corrected chi connectivity index (χ0v) is 11.7. The smallest absolute Gasteiger partial charge is 0.241 e. The minimum atomic E-state index is -0.122. The fraction of sp³-hybridized carbons (Fsp3) is 0.467. The Balaban J connectivity index is 2.28. The average Bonchev–Trinajstić information content (AvgIpc) is 2.43. The van der Waals surface area contributed by atoms with E-state index in [1.807, 2.05) is 30.3 Å². The fourth-order valence-corrected chi connectivity index (χ4v) is 1.67. The molecule has 0 aromatic heterocycles. The number of rotatable bonds is 7. The summed E-state index contributed by atoms with van der Waals surface area (Å²) in [5, 5.41) is 2.66. The molecule has 0 heterocycles. The maximum absolute atomic E-state index is 11.7. The van der Waals surface area contributed by atoms with Gasteiger partial charge in [0, 0.05) is 13.6 Å². The number of hydrogen-bond acceptors (Lipinski definition) is 2. The van der Waals surface area contributed by atoms with Crippen LogP contribution in [-0.2, 0) is 16.0 Å². The van der Waals surface area contributed by atoms with Crippen molar-refractivity contribution in [2.75, 3.05) is 20.1 Å². The predicted molar refractivity (Wildman–Crippen MR) is 75.7 cm³/mol. The molecule has 1 aromatic rings. The molecule has 0 saturated carbocycles. The summed E-state index contributed by atoms with van der Waals surface area (Å²) in [4.78, 5) is 25.0. The highest BCUT2D eigenvalue weighted by atomic mass is 16.2. The number of likely N-dealkylation sites (N-methyl/N-ethyl adjacent to an activating group) is 1. The number of nitrogens with zero attached hydrogens (tertiary/aromatic N) is 1. The molecule has 0 spiro atoms. The van der Waals surface area contributed by atoms with Gasteiger partial charge in [0.25, 0.3) is 0 Å². The van der Waals surface area contributed by atoms with Gasteiger partial charge in [0.2, 0.25) is 11.8 Å². The summed E-state index contributed by atoms with van der Waals surface area (Å²) >= 11 is 0. The van der Waals surface area contributed by atoms with Crippen LogP contribution in [0.4, 0.5) is 0 Å². The number of amides is 2. The SMILES string of the molecule is CCCCN(C)C(=O)CNC(=O)Cc1ccccc1. The third-order valence-electron chi connectivity index (χ3n) is 2.92. The van der Waals surface area contributed by atoms with Gasteiger partial charge >= 0.3 is 0 Å². The molecule has 0 aliphatic heterocycles. The first-order chi connectivity index (χ1) is 9.13. The van der Waals surface area contributed by atoms with Crippen LogP contribution in [0.1, 0.15) is 25.3 Å². The largest absolute Gasteiger partial charge is 0.347 e. The van der Waals surface area contributed by atoms with Crippen molar-refractivity contribution in [2.45, 2.75) is 26.2 Å². The van der Waals surface area contributed by atoms with E-state index in [1.165, 1.54) is 0 Å². The molecular weight excluding hydrogens is 240 g/mol. The highest BCUT2D eigenvalue weighted by Gasteiger charge is 2.10. The van der Waals surface area contributed by atoms with E-state index < -0.39 is 0 Å². The van der Waals surface area contributed by atoms with E-state index in [-0.39, 0.29) is 18.4 Å². The van der Waals surface area contributed by atoms with Gasteiger partial charge in [0.1, 0.15) is 0 Å². The van der Waals surface area contributed by atoms with Crippen molar-refractivity contribution in [3.8, 4) is 0 Å². The van der Waals surface area contributed by atoms with Gasteiger partial charge < -0.3 is 10.2 Å². The van der Waals surface area contributed by atoms with Gasteiger partial charge in [0.05, 0.1) is 13.0 Å². The topological polar surface area (TPSA) is 49.4 Å². The molecule has 1 aromatic carbocycles. The van der Waals surface area contributed by atoms with Crippen molar-refractivity contribution in [2.24, 2.45) is 0 Å². The second kappa shape index (κ2) is 8.29. The van der Waals surface area contributed by atoms with E-state index in [0.717, 1.165) is 24.9 Å². The lowest BCUT2D eigenvalue weighted by Crippen LogP contribution is -2.39. The summed E-state index contributed by atoms with van der Waals surface area (Å²) in [5.41, 5.74) is 0.951. The van der Waals surface area contributed by atoms with Crippen molar-refractivity contribution >= 4 is 11.8 Å². The molecule has 0 fully saturated rings. The third-order valence-corrected chi connectivity index (χ3v) is 2.92. The zero-order valence-electron chi connectivity index (χ0n) is 11.7. The third kappa shape index (κ3) is 6.04. The van der Waals surface area contributed by atoms with Gasteiger partial charge in [0.15, 0.2) is 0 Å². The van der Waals surface area contributed by atoms with Crippen LogP contribution in [0.5, 0.6) is 0 Å². The molecule has 0 bridgehead atoms. The molecule has 104 valence electrons. The Hall–Kier alpha value is -1.84. The standard InChI is InChI=1S/C15H22N2O2/c1-3-4-10-17(2)15(19)12-16-14(18)11-13-8-6-5-7-9-13/h5-9H,3-4,10-12H2,1-2H3,(H,16,18). The monoisotopic (exact) mass is 262 g/mol. The van der Waals surface area contributed by atoms with E-state index in [4.69, 9.17) is 0 Å². The molecule has 0 unspecified atom stereocenters. The predicted octanol–water partition coefficient (Wildman–Crippen LogP) is 1.60. The van der Waals surface area contributed by atoms with Crippen LogP contribution in [0.25, 0.3) is 0 Å². The molecule has 1 N–H and O–H groups in total. The van der Waals surface area contributed by atoms with Crippen molar-refractivity contribution in [1.82, 2.24) is 10.2 Å². The van der Waals surface area contributed by atoms with Crippen molar-refractivity contribution in [1.29, 1.82) is 0 Å². The summed E-state index contributed by atoms with van der Waals surface area (Å²) < 4.78 is 0. The Bertz CT molecular complexity index is 404. The van der Waals surface area contributed by atoms with E-state index in [2.05, 4.69) is 12.2 Å². The van der Waals surface area contributed by atoms with Crippen LogP contribution >= 0.6 is 0 Å². The first kappa shape index (κ1) is 15.2. The summed E-state index contributed by atoms with van der Waals surface area (Å²) in [5.74, 6) is -0.168. The Labute approximate surface area is 114 Å². The molecule has 0 saturated heterocycles. The minimum Gasteiger partial charge on any atom is -0.347 e. The minimum absolute atomic E-state index is 0.0464. The summed E-state index contributed by atoms with van der Waals surface area (Å²) in [7, 11) is 1.77. The van der Waals surface area contributed by atoms with E-state index in [0.29, 0.717) is 6.42 Å². The van der Waals surface area contributed by atoms with Gasteiger partial charge in [-0.2, -0.15) is 0 Å². The normalized spacial score (nSPS) is 10.0. The van der Waals surface area contributed by atoms with Gasteiger partial charge in [-0.05, 0) is 12.0 Å². The number of carbonyl (C=O) groups is 2. The number of benzene rings is 1. The molecule has 4 nitrogen and oxygen atoms in total. The zero-order chi connectivity index (χ0) is 14.1. The highest BCUT2D eigenvalue weighted by molar-refractivity contribution is 5.85. The molecule has 19 heavy (non-hydrogen) atoms. The average molecular weight is 262 g/mol. The first-order valence-corrected chi connectivity index (χ1v) is 6.68. The number of hydrogen-bond donors (Lipinski definition) is 1. The summed E-state index contributed by atoms with van der Waals surface area (Å²) in [6, 6.07) is 9.50. The Morgan fingerprint density at radius 1 is 1.21 bits per heavy atom. The van der Waals surface area contributed by atoms with Gasteiger partial charge in [-0.25, -0.2) is 0 Å². The second-order valence-electron chi connectivity index (χ2n) is 4.61. The maximum atomic E-state index is 11.7. The fourth-order valence-electron chi connectivity index (χ4n) is 1.67. The van der Waals surface area contributed by atoms with E-state index in [9.17, 15) is 9.59 Å². The van der Waals surface area contributed by atoms with Crippen LogP contribution in [0.15, 0.2) is 30.3 Å². The lowest BCUT2D eigenvalue weighted by atomic mass is 10.1. The second-order valence-corrected chi connectivity index (χ2v) is 4.61. The van der Waals surface area contributed by atoms with Crippen molar-refractivity contribution in [3.63, 3.8) is 0 Å².